The number of hydrogen-bond acceptors (Lipinski definition) is 1. The van der Waals surface area contributed by atoms with Crippen molar-refractivity contribution < 1.29 is 4.12 Å². The van der Waals surface area contributed by atoms with E-state index in [2.05, 4.69) is 49.5 Å². The molecule has 1 saturated carbocycles. The van der Waals surface area contributed by atoms with Crippen molar-refractivity contribution in [2.75, 3.05) is 0 Å². The fourth-order valence-electron chi connectivity index (χ4n) is 2.63. The van der Waals surface area contributed by atoms with Crippen LogP contribution in [0.25, 0.3) is 0 Å². The monoisotopic (exact) mass is 264 g/mol. The number of rotatable bonds is 3. The van der Waals surface area contributed by atoms with E-state index >= 15 is 0 Å². The molecule has 0 aromatic heterocycles. The van der Waals surface area contributed by atoms with E-state index in [4.69, 9.17) is 4.12 Å². The van der Waals surface area contributed by atoms with Crippen molar-refractivity contribution >= 4 is 16.6 Å². The van der Waals surface area contributed by atoms with Crippen LogP contribution in [0.4, 0.5) is 0 Å². The summed E-state index contributed by atoms with van der Waals surface area (Å²) in [6.07, 6.45) is 5.51. The molecule has 1 fully saturated rings. The zero-order chi connectivity index (χ0) is 12.9. The topological polar surface area (TPSA) is 9.23 Å². The van der Waals surface area contributed by atoms with Crippen LogP contribution in [0.1, 0.15) is 32.6 Å². The Balaban J connectivity index is 2.67. The van der Waals surface area contributed by atoms with Gasteiger partial charge >= 0.3 is 0 Å². The first-order valence-corrected chi connectivity index (χ1v) is 12.4. The summed E-state index contributed by atoms with van der Waals surface area (Å²) in [5.41, 5.74) is 4.11. The zero-order valence-electron chi connectivity index (χ0n) is 11.8. The Bertz CT molecular complexity index is 370. The molecule has 0 heterocycles. The average molecular weight is 265 g/mol. The van der Waals surface area contributed by atoms with Crippen molar-refractivity contribution in [3.05, 3.63) is 0 Å². The van der Waals surface area contributed by atoms with Crippen LogP contribution < -0.4 is 0 Å². The molecule has 94 valence electrons. The second kappa shape index (κ2) is 5.91. The third-order valence-electron chi connectivity index (χ3n) is 3.41. The summed E-state index contributed by atoms with van der Waals surface area (Å²) in [7, 11) is -3.40. The minimum Gasteiger partial charge on any atom is -0.447 e. The Morgan fingerprint density at radius 3 is 2.12 bits per heavy atom. The van der Waals surface area contributed by atoms with Gasteiger partial charge in [0.2, 0.25) is 0 Å². The van der Waals surface area contributed by atoms with Crippen LogP contribution in [-0.2, 0) is 4.12 Å². The Kier molecular flexibility index (Phi) is 5.07. The molecule has 1 aliphatic carbocycles. The van der Waals surface area contributed by atoms with E-state index in [0.717, 1.165) is 5.54 Å². The van der Waals surface area contributed by atoms with Crippen molar-refractivity contribution in [3.8, 4) is 23.3 Å². The first kappa shape index (κ1) is 14.6. The largest absolute Gasteiger partial charge is 0.447 e. The quantitative estimate of drug-likeness (QED) is 0.554. The Hall–Kier alpha value is -0.486. The Morgan fingerprint density at radius 2 is 1.59 bits per heavy atom. The third-order valence-corrected chi connectivity index (χ3v) is 10.8. The molecule has 17 heavy (non-hydrogen) atoms. The van der Waals surface area contributed by atoms with Crippen molar-refractivity contribution in [2.24, 2.45) is 0 Å². The van der Waals surface area contributed by atoms with E-state index in [0.29, 0.717) is 0 Å². The van der Waals surface area contributed by atoms with Crippen molar-refractivity contribution in [3.63, 3.8) is 0 Å². The molecule has 1 nitrogen and oxygen atoms in total. The zero-order valence-corrected chi connectivity index (χ0v) is 13.8. The molecule has 0 saturated heterocycles. The fourth-order valence-corrected chi connectivity index (χ4v) is 10.9. The highest BCUT2D eigenvalue weighted by atomic mass is 28.4. The lowest BCUT2D eigenvalue weighted by atomic mass is 10.4. The van der Waals surface area contributed by atoms with Gasteiger partial charge in [-0.05, 0) is 50.5 Å². The predicted molar refractivity (Wildman–Crippen MR) is 79.5 cm³/mol. The SMILES string of the molecule is CC#CC#C[Si](C)(C)O[Si](C)(C)C1CCCC1. The van der Waals surface area contributed by atoms with Gasteiger partial charge in [0, 0.05) is 0 Å². The fraction of sp³-hybridized carbons (Fsp3) is 0.714. The summed E-state index contributed by atoms with van der Waals surface area (Å²) in [6, 6.07) is 0. The van der Waals surface area contributed by atoms with Crippen molar-refractivity contribution in [1.29, 1.82) is 0 Å². The van der Waals surface area contributed by atoms with Gasteiger partial charge in [-0.25, -0.2) is 0 Å². The van der Waals surface area contributed by atoms with Crippen LogP contribution in [-0.4, -0.2) is 16.6 Å². The van der Waals surface area contributed by atoms with Crippen LogP contribution in [0.2, 0.25) is 31.7 Å². The lowest BCUT2D eigenvalue weighted by molar-refractivity contribution is 0.528. The normalized spacial score (nSPS) is 17.0. The molecule has 1 rings (SSSR count). The smallest absolute Gasteiger partial charge is 0.257 e. The van der Waals surface area contributed by atoms with Crippen LogP contribution in [0, 0.1) is 23.3 Å². The van der Waals surface area contributed by atoms with Gasteiger partial charge in [-0.3, -0.25) is 0 Å². The summed E-state index contributed by atoms with van der Waals surface area (Å²) in [4.78, 5) is 0. The molecular weight excluding hydrogens is 240 g/mol. The minimum absolute atomic E-state index is 0.841. The van der Waals surface area contributed by atoms with E-state index < -0.39 is 16.6 Å². The van der Waals surface area contributed by atoms with Gasteiger partial charge in [0.15, 0.2) is 8.32 Å². The third kappa shape index (κ3) is 4.71. The number of hydrogen-bond donors (Lipinski definition) is 0. The molecule has 0 atom stereocenters. The molecule has 0 aromatic carbocycles. The lowest BCUT2D eigenvalue weighted by Gasteiger charge is -2.35. The highest BCUT2D eigenvalue weighted by Crippen LogP contribution is 2.40. The van der Waals surface area contributed by atoms with Gasteiger partial charge in [-0.15, -0.1) is 0 Å². The molecule has 0 aromatic rings. The van der Waals surface area contributed by atoms with E-state index in [-0.39, 0.29) is 0 Å². The maximum absolute atomic E-state index is 6.49. The molecule has 0 amide bonds. The minimum atomic E-state index is -1.85. The van der Waals surface area contributed by atoms with Crippen LogP contribution in [0.3, 0.4) is 0 Å². The first-order valence-electron chi connectivity index (χ1n) is 6.51. The standard InChI is InChI=1S/C14H24OSi2/c1-6-7-10-13-16(2,3)15-17(4,5)14-11-8-9-12-14/h14H,8-9,11-12H2,1-5H3. The second-order valence-electron chi connectivity index (χ2n) is 5.82. The van der Waals surface area contributed by atoms with Gasteiger partial charge in [-0.2, -0.15) is 0 Å². The van der Waals surface area contributed by atoms with Gasteiger partial charge in [0.1, 0.15) is 0 Å². The molecular formula is C14H24OSi2. The maximum atomic E-state index is 6.49. The molecule has 3 heteroatoms. The second-order valence-corrected chi connectivity index (χ2v) is 13.9. The maximum Gasteiger partial charge on any atom is 0.257 e. The van der Waals surface area contributed by atoms with Gasteiger partial charge < -0.3 is 4.12 Å². The van der Waals surface area contributed by atoms with Crippen LogP contribution in [0.5, 0.6) is 0 Å². The van der Waals surface area contributed by atoms with Crippen molar-refractivity contribution in [1.82, 2.24) is 0 Å². The van der Waals surface area contributed by atoms with Gasteiger partial charge in [0.05, 0.1) is 0 Å². The highest BCUT2D eigenvalue weighted by molar-refractivity contribution is 6.89. The molecule has 0 unspecified atom stereocenters. The molecule has 0 spiro atoms. The van der Waals surface area contributed by atoms with Gasteiger partial charge in [0.25, 0.3) is 8.32 Å². The van der Waals surface area contributed by atoms with Crippen LogP contribution in [0.15, 0.2) is 0 Å². The molecule has 0 bridgehead atoms. The molecule has 0 radical (unpaired) electrons. The van der Waals surface area contributed by atoms with Gasteiger partial charge in [-0.1, -0.05) is 37.1 Å². The molecule has 0 aliphatic heterocycles. The van der Waals surface area contributed by atoms with E-state index in [1.807, 2.05) is 6.92 Å². The summed E-state index contributed by atoms with van der Waals surface area (Å²) >= 11 is 0. The summed E-state index contributed by atoms with van der Waals surface area (Å²) < 4.78 is 6.49. The summed E-state index contributed by atoms with van der Waals surface area (Å²) in [5, 5.41) is 0. The summed E-state index contributed by atoms with van der Waals surface area (Å²) in [5.74, 6) is 8.57. The Morgan fingerprint density at radius 1 is 1.00 bits per heavy atom. The molecule has 1 aliphatic rings. The Labute approximate surface area is 109 Å². The average Bonchev–Trinajstić information content (AvgIpc) is 2.69. The predicted octanol–water partition coefficient (Wildman–Crippen LogP) is 3.92. The van der Waals surface area contributed by atoms with Crippen LogP contribution >= 0.6 is 0 Å². The molecule has 0 N–H and O–H groups in total. The lowest BCUT2D eigenvalue weighted by Crippen LogP contribution is -2.46. The van der Waals surface area contributed by atoms with E-state index in [9.17, 15) is 0 Å². The van der Waals surface area contributed by atoms with Crippen molar-refractivity contribution in [2.45, 2.75) is 64.3 Å². The summed E-state index contributed by atoms with van der Waals surface area (Å²) in [6.45, 7) is 10.9. The van der Waals surface area contributed by atoms with E-state index in [1.165, 1.54) is 25.7 Å². The first-order chi connectivity index (χ1) is 7.87. The highest BCUT2D eigenvalue weighted by Gasteiger charge is 2.39. The van der Waals surface area contributed by atoms with E-state index in [1.54, 1.807) is 0 Å².